The number of rotatable bonds is 7. The van der Waals surface area contributed by atoms with Gasteiger partial charge >= 0.3 is 0 Å². The first-order valence-electron chi connectivity index (χ1n) is 8.75. The van der Waals surface area contributed by atoms with Crippen molar-refractivity contribution in [3.63, 3.8) is 0 Å². The van der Waals surface area contributed by atoms with E-state index in [-0.39, 0.29) is 5.56 Å². The van der Waals surface area contributed by atoms with Crippen LogP contribution in [-0.4, -0.2) is 34.3 Å². The Hall–Kier alpha value is -0.810. The Bertz CT molecular complexity index is 537. The molecule has 0 amide bonds. The number of hydrogen-bond donors (Lipinski definition) is 2. The molecule has 2 N–H and O–H groups in total. The van der Waals surface area contributed by atoms with E-state index in [0.717, 1.165) is 55.3 Å². The molecule has 2 aliphatic carbocycles. The maximum Gasteiger partial charge on any atom is 0.267 e. The monoisotopic (exact) mass is 321 g/mol. The van der Waals surface area contributed by atoms with Crippen molar-refractivity contribution in [2.24, 2.45) is 0 Å². The predicted octanol–water partition coefficient (Wildman–Crippen LogP) is 2.46. The van der Waals surface area contributed by atoms with E-state index in [9.17, 15) is 4.79 Å². The van der Waals surface area contributed by atoms with Crippen LogP contribution in [0.1, 0.15) is 55.3 Å². The Labute approximate surface area is 136 Å². The van der Waals surface area contributed by atoms with Crippen LogP contribution in [0.4, 0.5) is 0 Å². The van der Waals surface area contributed by atoms with E-state index in [1.54, 1.807) is 0 Å². The van der Waals surface area contributed by atoms with Crippen molar-refractivity contribution in [2.45, 2.75) is 63.8 Å². The second-order valence-electron chi connectivity index (χ2n) is 6.46. The molecule has 1 saturated carbocycles. The van der Waals surface area contributed by atoms with Crippen LogP contribution in [-0.2, 0) is 19.3 Å². The van der Waals surface area contributed by atoms with Crippen LogP contribution in [0.5, 0.6) is 0 Å². The van der Waals surface area contributed by atoms with Crippen LogP contribution in [0.3, 0.4) is 0 Å². The lowest BCUT2D eigenvalue weighted by molar-refractivity contribution is 0.545. The van der Waals surface area contributed by atoms with Gasteiger partial charge in [-0.2, -0.15) is 16.9 Å². The first-order chi connectivity index (χ1) is 10.8. The summed E-state index contributed by atoms with van der Waals surface area (Å²) in [5.41, 5.74) is 3.42. The minimum absolute atomic E-state index is 0.0341. The van der Waals surface area contributed by atoms with E-state index in [4.69, 9.17) is 0 Å². The van der Waals surface area contributed by atoms with Crippen molar-refractivity contribution in [2.75, 3.05) is 18.1 Å². The van der Waals surface area contributed by atoms with Gasteiger partial charge in [-0.15, -0.1) is 0 Å². The highest BCUT2D eigenvalue weighted by Gasteiger charge is 2.17. The van der Waals surface area contributed by atoms with E-state index < -0.39 is 0 Å². The quantitative estimate of drug-likeness (QED) is 0.758. The Balaban J connectivity index is 1.41. The van der Waals surface area contributed by atoms with Crippen LogP contribution in [0.25, 0.3) is 0 Å². The SMILES string of the molecule is O=c1[nH]nc(CCSCCNC2CCCC2)c2c1CCCC2. The largest absolute Gasteiger partial charge is 0.313 e. The van der Waals surface area contributed by atoms with Crippen LogP contribution in [0, 0.1) is 0 Å². The first-order valence-corrected chi connectivity index (χ1v) is 9.90. The van der Waals surface area contributed by atoms with Gasteiger partial charge in [0.15, 0.2) is 0 Å². The van der Waals surface area contributed by atoms with E-state index in [0.29, 0.717) is 0 Å². The van der Waals surface area contributed by atoms with E-state index in [1.807, 2.05) is 11.8 Å². The van der Waals surface area contributed by atoms with Crippen molar-refractivity contribution in [3.05, 3.63) is 27.2 Å². The predicted molar refractivity (Wildman–Crippen MR) is 92.8 cm³/mol. The number of aromatic nitrogens is 2. The molecule has 0 bridgehead atoms. The number of fused-ring (bicyclic) bond motifs is 1. The molecule has 5 heteroatoms. The van der Waals surface area contributed by atoms with Crippen molar-refractivity contribution in [1.29, 1.82) is 0 Å². The summed E-state index contributed by atoms with van der Waals surface area (Å²) in [6.45, 7) is 1.12. The Kier molecular flexibility index (Phi) is 5.96. The fourth-order valence-corrected chi connectivity index (χ4v) is 4.47. The van der Waals surface area contributed by atoms with Gasteiger partial charge in [-0.1, -0.05) is 12.8 Å². The summed E-state index contributed by atoms with van der Waals surface area (Å²) in [5, 5.41) is 10.6. The number of thioether (sulfide) groups is 1. The highest BCUT2D eigenvalue weighted by atomic mass is 32.2. The lowest BCUT2D eigenvalue weighted by Gasteiger charge is -2.17. The molecule has 0 radical (unpaired) electrons. The summed E-state index contributed by atoms with van der Waals surface area (Å²) in [7, 11) is 0. The highest BCUT2D eigenvalue weighted by Crippen LogP contribution is 2.21. The van der Waals surface area contributed by atoms with Crippen molar-refractivity contribution in [3.8, 4) is 0 Å². The molecule has 0 spiro atoms. The van der Waals surface area contributed by atoms with Gasteiger partial charge in [-0.3, -0.25) is 4.79 Å². The Morgan fingerprint density at radius 3 is 2.68 bits per heavy atom. The molecular formula is C17H27N3OS. The van der Waals surface area contributed by atoms with Crippen molar-refractivity contribution >= 4 is 11.8 Å². The second-order valence-corrected chi connectivity index (χ2v) is 7.69. The molecule has 0 aromatic carbocycles. The highest BCUT2D eigenvalue weighted by molar-refractivity contribution is 7.99. The third kappa shape index (κ3) is 4.13. The molecule has 0 saturated heterocycles. The van der Waals surface area contributed by atoms with Gasteiger partial charge in [0.1, 0.15) is 0 Å². The van der Waals surface area contributed by atoms with Gasteiger partial charge in [0.25, 0.3) is 5.56 Å². The molecule has 1 aromatic rings. The summed E-state index contributed by atoms with van der Waals surface area (Å²) >= 11 is 1.99. The maximum atomic E-state index is 11.8. The molecule has 122 valence electrons. The molecule has 3 rings (SSSR count). The minimum Gasteiger partial charge on any atom is -0.313 e. The van der Waals surface area contributed by atoms with E-state index >= 15 is 0 Å². The van der Waals surface area contributed by atoms with Gasteiger partial charge in [0.2, 0.25) is 0 Å². The van der Waals surface area contributed by atoms with E-state index in [1.165, 1.54) is 43.4 Å². The summed E-state index contributed by atoms with van der Waals surface area (Å²) in [6, 6.07) is 0.772. The average Bonchev–Trinajstić information content (AvgIpc) is 3.06. The molecule has 0 aliphatic heterocycles. The summed E-state index contributed by atoms with van der Waals surface area (Å²) in [4.78, 5) is 11.8. The fourth-order valence-electron chi connectivity index (χ4n) is 3.67. The van der Waals surface area contributed by atoms with Gasteiger partial charge < -0.3 is 5.32 Å². The fraction of sp³-hybridized carbons (Fsp3) is 0.765. The van der Waals surface area contributed by atoms with Crippen molar-refractivity contribution < 1.29 is 0 Å². The topological polar surface area (TPSA) is 57.8 Å². The van der Waals surface area contributed by atoms with Gasteiger partial charge in [-0.25, -0.2) is 5.10 Å². The van der Waals surface area contributed by atoms with Crippen LogP contribution in [0.15, 0.2) is 4.79 Å². The number of aromatic amines is 1. The molecule has 0 unspecified atom stereocenters. The molecular weight excluding hydrogens is 294 g/mol. The molecule has 1 heterocycles. The lowest BCUT2D eigenvalue weighted by atomic mass is 9.91. The zero-order chi connectivity index (χ0) is 15.2. The Morgan fingerprint density at radius 1 is 1.09 bits per heavy atom. The molecule has 0 atom stereocenters. The molecule has 1 fully saturated rings. The molecule has 2 aliphatic rings. The van der Waals surface area contributed by atoms with Crippen LogP contribution in [0.2, 0.25) is 0 Å². The number of H-pyrrole nitrogens is 1. The van der Waals surface area contributed by atoms with Gasteiger partial charge in [0, 0.05) is 30.3 Å². The third-order valence-electron chi connectivity index (χ3n) is 4.90. The number of aryl methyl sites for hydroxylation is 1. The number of nitrogens with zero attached hydrogens (tertiary/aromatic N) is 1. The van der Waals surface area contributed by atoms with E-state index in [2.05, 4.69) is 15.5 Å². The standard InChI is InChI=1S/C17H27N3OS/c21-17-15-8-4-3-7-14(15)16(19-20-17)9-11-22-12-10-18-13-5-1-2-6-13/h13,18H,1-12H2,(H,20,21). The zero-order valence-electron chi connectivity index (χ0n) is 13.3. The molecule has 22 heavy (non-hydrogen) atoms. The maximum absolute atomic E-state index is 11.8. The smallest absolute Gasteiger partial charge is 0.267 e. The van der Waals surface area contributed by atoms with Crippen LogP contribution < -0.4 is 10.9 Å². The number of nitrogens with one attached hydrogen (secondary N) is 2. The van der Waals surface area contributed by atoms with Gasteiger partial charge in [-0.05, 0) is 49.8 Å². The summed E-state index contributed by atoms with van der Waals surface area (Å²) in [5.74, 6) is 2.26. The summed E-state index contributed by atoms with van der Waals surface area (Å²) in [6.07, 6.45) is 10.8. The molecule has 1 aromatic heterocycles. The first kappa shape index (κ1) is 16.1. The average molecular weight is 321 g/mol. The lowest BCUT2D eigenvalue weighted by Crippen LogP contribution is -2.28. The normalized spacial score (nSPS) is 18.5. The number of hydrogen-bond acceptors (Lipinski definition) is 4. The summed E-state index contributed by atoms with van der Waals surface area (Å²) < 4.78 is 0. The van der Waals surface area contributed by atoms with Gasteiger partial charge in [0.05, 0.1) is 5.69 Å². The molecule has 4 nitrogen and oxygen atoms in total. The second kappa shape index (κ2) is 8.16. The van der Waals surface area contributed by atoms with Crippen molar-refractivity contribution in [1.82, 2.24) is 15.5 Å². The Morgan fingerprint density at radius 2 is 1.86 bits per heavy atom. The van der Waals surface area contributed by atoms with Crippen LogP contribution >= 0.6 is 11.8 Å². The minimum atomic E-state index is 0.0341. The zero-order valence-corrected chi connectivity index (χ0v) is 14.1. The third-order valence-corrected chi connectivity index (χ3v) is 5.89.